The Morgan fingerprint density at radius 3 is 1.02 bits per heavy atom. The third kappa shape index (κ3) is 7.46. The van der Waals surface area contributed by atoms with Crippen LogP contribution < -0.4 is 31.9 Å². The average molecular weight is 593 g/mol. The van der Waals surface area contributed by atoms with Crippen LogP contribution in [0.5, 0.6) is 0 Å². The summed E-state index contributed by atoms with van der Waals surface area (Å²) >= 11 is 0. The van der Waals surface area contributed by atoms with E-state index in [1.165, 1.54) is 11.1 Å². The summed E-state index contributed by atoms with van der Waals surface area (Å²) in [4.78, 5) is 0. The van der Waals surface area contributed by atoms with Gasteiger partial charge in [0, 0.05) is 59.7 Å². The highest BCUT2D eigenvalue weighted by molar-refractivity contribution is 7.79. The van der Waals surface area contributed by atoms with Crippen LogP contribution in [0.2, 0.25) is 0 Å². The monoisotopic (exact) mass is 592 g/mol. The van der Waals surface area contributed by atoms with Gasteiger partial charge in [-0.3, -0.25) is 0 Å². The molecule has 0 aliphatic heterocycles. The molecular formula is C36H38N2O2P2. The lowest BCUT2D eigenvalue weighted by Crippen LogP contribution is -2.26. The van der Waals surface area contributed by atoms with Crippen molar-refractivity contribution in [1.29, 1.82) is 0 Å². The summed E-state index contributed by atoms with van der Waals surface area (Å²) in [5.41, 5.74) is 2.37. The first kappa shape index (κ1) is 30.0. The van der Waals surface area contributed by atoms with Gasteiger partial charge in [0.15, 0.2) is 0 Å². The van der Waals surface area contributed by atoms with Crippen LogP contribution >= 0.6 is 14.3 Å². The number of hydrogen-bond acceptors (Lipinski definition) is 4. The third-order valence-electron chi connectivity index (χ3n) is 7.55. The summed E-state index contributed by atoms with van der Waals surface area (Å²) in [5, 5.41) is 10.6. The zero-order chi connectivity index (χ0) is 29.1. The van der Waals surface area contributed by atoms with Crippen molar-refractivity contribution in [2.75, 3.05) is 25.4 Å². The Labute approximate surface area is 250 Å². The number of rotatable bonds is 14. The highest BCUT2D eigenvalue weighted by Crippen LogP contribution is 2.43. The lowest BCUT2D eigenvalue weighted by atomic mass is 10.1. The molecule has 0 saturated heterocycles. The Morgan fingerprint density at radius 1 is 0.405 bits per heavy atom. The highest BCUT2D eigenvalue weighted by Gasteiger charge is 2.27. The van der Waals surface area contributed by atoms with Crippen molar-refractivity contribution >= 4 is 35.5 Å². The van der Waals surface area contributed by atoms with Crippen molar-refractivity contribution in [1.82, 2.24) is 10.6 Å². The van der Waals surface area contributed by atoms with Crippen LogP contribution in [0.3, 0.4) is 0 Å². The molecule has 0 aliphatic carbocycles. The minimum absolute atomic E-state index is 0.561. The third-order valence-corrected chi connectivity index (χ3v) is 13.8. The predicted octanol–water partition coefficient (Wildman–Crippen LogP) is 5.89. The smallest absolute Gasteiger partial charge is 0.144 e. The molecule has 0 aromatic heterocycles. The van der Waals surface area contributed by atoms with Crippen molar-refractivity contribution in [3.8, 4) is 0 Å². The molecule has 5 aromatic carbocycles. The van der Waals surface area contributed by atoms with Crippen LogP contribution in [0.1, 0.15) is 11.1 Å². The van der Waals surface area contributed by atoms with Crippen LogP contribution in [0.15, 0.2) is 146 Å². The summed E-state index contributed by atoms with van der Waals surface area (Å²) in [6.45, 7) is 2.71. The van der Waals surface area contributed by atoms with Gasteiger partial charge in [-0.2, -0.15) is 0 Å². The van der Waals surface area contributed by atoms with Crippen molar-refractivity contribution < 1.29 is 9.13 Å². The lowest BCUT2D eigenvalue weighted by Gasteiger charge is -2.20. The molecule has 6 heteroatoms. The van der Waals surface area contributed by atoms with E-state index < -0.39 is 14.3 Å². The van der Waals surface area contributed by atoms with Crippen LogP contribution in [0.4, 0.5) is 0 Å². The van der Waals surface area contributed by atoms with Gasteiger partial charge in [0.2, 0.25) is 0 Å². The maximum absolute atomic E-state index is 14.2. The molecule has 42 heavy (non-hydrogen) atoms. The van der Waals surface area contributed by atoms with Crippen molar-refractivity contribution in [2.45, 2.75) is 13.1 Å². The second-order valence-corrected chi connectivity index (χ2v) is 16.4. The molecule has 5 aromatic rings. The van der Waals surface area contributed by atoms with Crippen molar-refractivity contribution in [2.24, 2.45) is 0 Å². The zero-order valence-electron chi connectivity index (χ0n) is 23.8. The van der Waals surface area contributed by atoms with E-state index in [4.69, 9.17) is 0 Å². The maximum atomic E-state index is 14.2. The second kappa shape index (κ2) is 14.6. The molecular weight excluding hydrogens is 554 g/mol. The number of nitrogens with one attached hydrogen (secondary N) is 2. The molecule has 5 rings (SSSR count). The number of hydrogen-bond donors (Lipinski definition) is 2. The molecule has 0 saturated carbocycles. The molecule has 0 spiro atoms. The summed E-state index contributed by atoms with van der Waals surface area (Å²) in [6.07, 6.45) is 1.12. The zero-order valence-corrected chi connectivity index (χ0v) is 25.6. The molecule has 0 bridgehead atoms. The van der Waals surface area contributed by atoms with E-state index in [0.29, 0.717) is 38.5 Å². The van der Waals surface area contributed by atoms with E-state index in [-0.39, 0.29) is 0 Å². The molecule has 0 atom stereocenters. The fraction of sp³-hybridized carbons (Fsp3) is 0.167. The first-order valence-corrected chi connectivity index (χ1v) is 18.3. The fourth-order valence-electron chi connectivity index (χ4n) is 5.28. The SMILES string of the molecule is O=P(CCNCc1cccc(CNCCP(=O)(c2ccccc2)c2ccccc2)c1)(c1ccccc1)c1ccccc1. The Hall–Kier alpha value is -3.52. The summed E-state index contributed by atoms with van der Waals surface area (Å²) < 4.78 is 28.4. The molecule has 4 nitrogen and oxygen atoms in total. The molecule has 0 aliphatic rings. The van der Waals surface area contributed by atoms with Gasteiger partial charge in [0.1, 0.15) is 14.3 Å². The summed E-state index contributed by atoms with van der Waals surface area (Å²) in [7, 11) is -5.45. The topological polar surface area (TPSA) is 58.2 Å². The van der Waals surface area contributed by atoms with Gasteiger partial charge >= 0.3 is 0 Å². The molecule has 214 valence electrons. The molecule has 2 N–H and O–H groups in total. The first-order valence-electron chi connectivity index (χ1n) is 14.5. The lowest BCUT2D eigenvalue weighted by molar-refractivity contribution is 0.583. The minimum atomic E-state index is -2.73. The summed E-state index contributed by atoms with van der Waals surface area (Å²) in [5.74, 6) is 0. The van der Waals surface area contributed by atoms with E-state index >= 15 is 0 Å². The molecule has 0 radical (unpaired) electrons. The maximum Gasteiger partial charge on any atom is 0.144 e. The van der Waals surface area contributed by atoms with E-state index in [1.54, 1.807) is 0 Å². The van der Waals surface area contributed by atoms with Gasteiger partial charge in [0.25, 0.3) is 0 Å². The van der Waals surface area contributed by atoms with E-state index in [9.17, 15) is 9.13 Å². The average Bonchev–Trinajstić information content (AvgIpc) is 3.07. The predicted molar refractivity (Wildman–Crippen MR) is 179 cm³/mol. The first-order chi connectivity index (χ1) is 20.6. The van der Waals surface area contributed by atoms with Gasteiger partial charge in [-0.05, 0) is 11.1 Å². The van der Waals surface area contributed by atoms with Crippen molar-refractivity contribution in [3.05, 3.63) is 157 Å². The Morgan fingerprint density at radius 2 is 0.714 bits per heavy atom. The van der Waals surface area contributed by atoms with Gasteiger partial charge in [-0.1, -0.05) is 146 Å². The van der Waals surface area contributed by atoms with Crippen LogP contribution in [0, 0.1) is 0 Å². The molecule has 0 amide bonds. The quantitative estimate of drug-likeness (QED) is 0.125. The van der Waals surface area contributed by atoms with Gasteiger partial charge in [-0.15, -0.1) is 0 Å². The standard InChI is InChI=1S/C36H38N2O2P2/c39-41(33-16-5-1-6-17-33,34-18-7-2-8-19-34)26-24-37-29-31-14-13-15-32(28-31)30-38-25-27-42(40,35-20-9-3-10-21-35)36-22-11-4-12-23-36/h1-23,28,37-38H,24-27,29-30H2. The second-order valence-electron chi connectivity index (χ2n) is 10.4. The van der Waals surface area contributed by atoms with Gasteiger partial charge in [0.05, 0.1) is 0 Å². The van der Waals surface area contributed by atoms with Crippen molar-refractivity contribution in [3.63, 3.8) is 0 Å². The Bertz CT molecular complexity index is 1420. The number of benzene rings is 5. The Kier molecular flexibility index (Phi) is 10.4. The minimum Gasteiger partial charge on any atom is -0.314 e. The van der Waals surface area contributed by atoms with E-state index in [0.717, 1.165) is 21.2 Å². The van der Waals surface area contributed by atoms with Gasteiger partial charge < -0.3 is 19.8 Å². The van der Waals surface area contributed by atoms with Gasteiger partial charge in [-0.25, -0.2) is 0 Å². The summed E-state index contributed by atoms with van der Waals surface area (Å²) in [6, 6.07) is 47.8. The van der Waals surface area contributed by atoms with Crippen LogP contribution in [0.25, 0.3) is 0 Å². The van der Waals surface area contributed by atoms with E-state index in [2.05, 4.69) is 34.9 Å². The largest absolute Gasteiger partial charge is 0.314 e. The van der Waals surface area contributed by atoms with Crippen LogP contribution in [-0.2, 0) is 22.2 Å². The van der Waals surface area contributed by atoms with Crippen LogP contribution in [-0.4, -0.2) is 25.4 Å². The fourth-order valence-corrected chi connectivity index (χ4v) is 10.5. The van der Waals surface area contributed by atoms with E-state index in [1.807, 2.05) is 121 Å². The molecule has 0 heterocycles. The molecule has 0 fully saturated rings. The Balaban J connectivity index is 1.15. The highest BCUT2D eigenvalue weighted by atomic mass is 31.2. The normalized spacial score (nSPS) is 11.8. The molecule has 0 unspecified atom stereocenters.